The van der Waals surface area contributed by atoms with Gasteiger partial charge in [0.05, 0.1) is 0 Å². The highest BCUT2D eigenvalue weighted by molar-refractivity contribution is 5.20. The van der Waals surface area contributed by atoms with Crippen LogP contribution in [0.5, 0.6) is 0 Å². The number of hydrogen-bond donors (Lipinski definition) is 1. The molecule has 1 unspecified atom stereocenters. The van der Waals surface area contributed by atoms with Crippen molar-refractivity contribution in [2.75, 3.05) is 6.54 Å². The highest BCUT2D eigenvalue weighted by atomic mass is 14.9. The Morgan fingerprint density at radius 1 is 1.50 bits per heavy atom. The van der Waals surface area contributed by atoms with E-state index in [2.05, 4.69) is 36.1 Å². The molecule has 3 nitrogen and oxygen atoms in total. The molecule has 1 heterocycles. The van der Waals surface area contributed by atoms with Crippen LogP contribution in [0.15, 0.2) is 6.20 Å². The smallest absolute Gasteiger partial charge is 0.128 e. The predicted octanol–water partition coefficient (Wildman–Crippen LogP) is 2.41. The minimum atomic E-state index is 0.347. The molecule has 88 valence electrons. The van der Waals surface area contributed by atoms with E-state index in [1.165, 1.54) is 18.4 Å². The number of hydrogen-bond acceptors (Lipinski definition) is 3. The molecule has 1 aliphatic carbocycles. The highest BCUT2D eigenvalue weighted by Crippen LogP contribution is 2.31. The summed E-state index contributed by atoms with van der Waals surface area (Å²) in [6, 6.07) is 0.347. The molecule has 16 heavy (non-hydrogen) atoms. The minimum Gasteiger partial charge on any atom is -0.310 e. The molecule has 1 atom stereocenters. The molecular weight excluding hydrogens is 198 g/mol. The molecule has 1 aromatic heterocycles. The lowest BCUT2D eigenvalue weighted by Gasteiger charge is -2.14. The first kappa shape index (κ1) is 11.5. The largest absolute Gasteiger partial charge is 0.310 e. The van der Waals surface area contributed by atoms with Gasteiger partial charge in [0.25, 0.3) is 0 Å². The Hall–Kier alpha value is -0.960. The molecule has 0 aliphatic heterocycles. The standard InChI is InChI=1S/C13H21N3/c1-4-14-9(2)12-8-15-13(16-10(12)3)7-11-5-6-11/h8-9,11,14H,4-7H2,1-3H3. The number of nitrogens with one attached hydrogen (secondary N) is 1. The van der Waals surface area contributed by atoms with E-state index in [1.54, 1.807) is 0 Å². The van der Waals surface area contributed by atoms with Crippen molar-refractivity contribution in [3.63, 3.8) is 0 Å². The average Bonchev–Trinajstić information content (AvgIpc) is 3.02. The summed E-state index contributed by atoms with van der Waals surface area (Å²) in [5.41, 5.74) is 2.35. The van der Waals surface area contributed by atoms with Gasteiger partial charge < -0.3 is 5.32 Å². The zero-order valence-corrected chi connectivity index (χ0v) is 10.5. The van der Waals surface area contributed by atoms with E-state index in [0.717, 1.165) is 30.4 Å². The molecule has 2 rings (SSSR count). The average molecular weight is 219 g/mol. The van der Waals surface area contributed by atoms with E-state index >= 15 is 0 Å². The van der Waals surface area contributed by atoms with Crippen molar-refractivity contribution < 1.29 is 0 Å². The molecule has 3 heteroatoms. The fourth-order valence-electron chi connectivity index (χ4n) is 2.04. The van der Waals surface area contributed by atoms with E-state index < -0.39 is 0 Å². The van der Waals surface area contributed by atoms with Crippen LogP contribution in [0.1, 0.15) is 49.8 Å². The molecule has 0 bridgehead atoms. The molecule has 0 aromatic carbocycles. The zero-order valence-electron chi connectivity index (χ0n) is 10.5. The van der Waals surface area contributed by atoms with Gasteiger partial charge in [0.15, 0.2) is 0 Å². The maximum Gasteiger partial charge on any atom is 0.128 e. The van der Waals surface area contributed by atoms with Crippen molar-refractivity contribution >= 4 is 0 Å². The second-order valence-electron chi connectivity index (χ2n) is 4.75. The molecule has 0 saturated heterocycles. The van der Waals surface area contributed by atoms with Gasteiger partial charge in [-0.3, -0.25) is 0 Å². The van der Waals surface area contributed by atoms with Gasteiger partial charge in [-0.15, -0.1) is 0 Å². The normalized spacial score (nSPS) is 17.4. The third-order valence-electron chi connectivity index (χ3n) is 3.21. The quantitative estimate of drug-likeness (QED) is 0.826. The van der Waals surface area contributed by atoms with E-state index in [4.69, 9.17) is 0 Å². The van der Waals surface area contributed by atoms with E-state index in [0.29, 0.717) is 6.04 Å². The Labute approximate surface area is 97.7 Å². The molecule has 1 fully saturated rings. The second-order valence-corrected chi connectivity index (χ2v) is 4.75. The van der Waals surface area contributed by atoms with Gasteiger partial charge in [0.1, 0.15) is 5.82 Å². The maximum absolute atomic E-state index is 4.61. The van der Waals surface area contributed by atoms with Crippen molar-refractivity contribution in [2.45, 2.75) is 46.1 Å². The summed E-state index contributed by atoms with van der Waals surface area (Å²) >= 11 is 0. The van der Waals surface area contributed by atoms with Crippen LogP contribution >= 0.6 is 0 Å². The number of aromatic nitrogens is 2. The molecule has 0 amide bonds. The Bertz CT molecular complexity index is 358. The lowest BCUT2D eigenvalue weighted by molar-refractivity contribution is 0.587. The van der Waals surface area contributed by atoms with E-state index in [1.807, 2.05) is 6.20 Å². The summed E-state index contributed by atoms with van der Waals surface area (Å²) in [7, 11) is 0. The first-order chi connectivity index (χ1) is 7.70. The number of rotatable bonds is 5. The summed E-state index contributed by atoms with van der Waals surface area (Å²) < 4.78 is 0. The summed E-state index contributed by atoms with van der Waals surface area (Å²) in [4.78, 5) is 9.08. The summed E-state index contributed by atoms with van der Waals surface area (Å²) in [6.07, 6.45) is 5.78. The van der Waals surface area contributed by atoms with E-state index in [-0.39, 0.29) is 0 Å². The van der Waals surface area contributed by atoms with Crippen molar-refractivity contribution in [3.05, 3.63) is 23.3 Å². The third-order valence-corrected chi connectivity index (χ3v) is 3.21. The van der Waals surface area contributed by atoms with Gasteiger partial charge in [-0.25, -0.2) is 9.97 Å². The van der Waals surface area contributed by atoms with E-state index in [9.17, 15) is 0 Å². The van der Waals surface area contributed by atoms with Crippen LogP contribution in [-0.2, 0) is 6.42 Å². The molecule has 1 aliphatic rings. The Kier molecular flexibility index (Phi) is 3.54. The topological polar surface area (TPSA) is 37.8 Å². The first-order valence-electron chi connectivity index (χ1n) is 6.26. The summed E-state index contributed by atoms with van der Waals surface area (Å²) in [5, 5.41) is 3.40. The number of nitrogens with zero attached hydrogens (tertiary/aromatic N) is 2. The maximum atomic E-state index is 4.61. The van der Waals surface area contributed by atoms with Crippen LogP contribution in [0.25, 0.3) is 0 Å². The predicted molar refractivity (Wildman–Crippen MR) is 65.3 cm³/mol. The lowest BCUT2D eigenvalue weighted by atomic mass is 10.1. The number of aryl methyl sites for hydroxylation is 1. The third kappa shape index (κ3) is 2.79. The highest BCUT2D eigenvalue weighted by Gasteiger charge is 2.23. The van der Waals surface area contributed by atoms with Crippen LogP contribution in [0.4, 0.5) is 0 Å². The molecule has 0 radical (unpaired) electrons. The van der Waals surface area contributed by atoms with Gasteiger partial charge in [-0.1, -0.05) is 6.92 Å². The molecule has 0 spiro atoms. The van der Waals surface area contributed by atoms with Crippen molar-refractivity contribution in [3.8, 4) is 0 Å². The van der Waals surface area contributed by atoms with Gasteiger partial charge in [-0.2, -0.15) is 0 Å². The fraction of sp³-hybridized carbons (Fsp3) is 0.692. The van der Waals surface area contributed by atoms with Crippen LogP contribution in [0.2, 0.25) is 0 Å². The van der Waals surface area contributed by atoms with Gasteiger partial charge in [0, 0.05) is 29.9 Å². The Morgan fingerprint density at radius 2 is 2.25 bits per heavy atom. The van der Waals surface area contributed by atoms with Crippen molar-refractivity contribution in [1.29, 1.82) is 0 Å². The monoisotopic (exact) mass is 219 g/mol. The van der Waals surface area contributed by atoms with Crippen molar-refractivity contribution in [1.82, 2.24) is 15.3 Å². The molecule has 1 aromatic rings. The summed E-state index contributed by atoms with van der Waals surface area (Å²) in [5.74, 6) is 1.88. The van der Waals surface area contributed by atoms with Crippen LogP contribution in [-0.4, -0.2) is 16.5 Å². The molecule has 1 saturated carbocycles. The molecular formula is C13H21N3. The second kappa shape index (κ2) is 4.91. The SMILES string of the molecule is CCNC(C)c1cnc(CC2CC2)nc1C. The Balaban J connectivity index is 2.08. The van der Waals surface area contributed by atoms with Crippen LogP contribution in [0, 0.1) is 12.8 Å². The van der Waals surface area contributed by atoms with Gasteiger partial charge in [-0.05, 0) is 39.2 Å². The molecule has 1 N–H and O–H groups in total. The van der Waals surface area contributed by atoms with Gasteiger partial charge >= 0.3 is 0 Å². The lowest BCUT2D eigenvalue weighted by Crippen LogP contribution is -2.19. The minimum absolute atomic E-state index is 0.347. The zero-order chi connectivity index (χ0) is 11.5. The van der Waals surface area contributed by atoms with Crippen molar-refractivity contribution in [2.24, 2.45) is 5.92 Å². The van der Waals surface area contributed by atoms with Gasteiger partial charge in [0.2, 0.25) is 0 Å². The first-order valence-corrected chi connectivity index (χ1v) is 6.26. The summed E-state index contributed by atoms with van der Waals surface area (Å²) in [6.45, 7) is 7.34. The Morgan fingerprint density at radius 3 is 2.81 bits per heavy atom. The van der Waals surface area contributed by atoms with Crippen LogP contribution < -0.4 is 5.32 Å². The fourth-order valence-corrected chi connectivity index (χ4v) is 2.04. The van der Waals surface area contributed by atoms with Crippen LogP contribution in [0.3, 0.4) is 0 Å².